The van der Waals surface area contributed by atoms with Crippen LogP contribution in [0.2, 0.25) is 5.02 Å². The third-order valence-corrected chi connectivity index (χ3v) is 6.35. The maximum Gasteiger partial charge on any atom is 0.322 e. The average Bonchev–Trinajstić information content (AvgIpc) is 2.88. The Kier molecular flexibility index (Phi) is 4.42. The van der Waals surface area contributed by atoms with Crippen molar-refractivity contribution in [3.05, 3.63) is 33.3 Å². The molecule has 1 aromatic carbocycles. The number of non-ortho nitro benzene ring substituents is 1. The monoisotopic (exact) mass is 352 g/mol. The summed E-state index contributed by atoms with van der Waals surface area (Å²) in [4.78, 5) is 20.6. The lowest BCUT2D eigenvalue weighted by atomic mass is 10.3. The van der Waals surface area contributed by atoms with Crippen molar-refractivity contribution >= 4 is 45.0 Å². The molecule has 1 heterocycles. The van der Waals surface area contributed by atoms with Crippen molar-refractivity contribution in [2.24, 2.45) is 0 Å². The lowest BCUT2D eigenvalue weighted by molar-refractivity contribution is -0.385. The van der Waals surface area contributed by atoms with Gasteiger partial charge in [0, 0.05) is 17.9 Å². The molecule has 21 heavy (non-hydrogen) atoms. The number of nitro benzene ring substituents is 1. The predicted molar refractivity (Wildman–Crippen MR) is 75.9 cm³/mol. The number of carboxylic acids is 1. The van der Waals surface area contributed by atoms with E-state index in [9.17, 15) is 23.3 Å². The van der Waals surface area contributed by atoms with E-state index < -0.39 is 37.5 Å². The number of rotatable bonds is 4. The van der Waals surface area contributed by atoms with Crippen LogP contribution in [0.5, 0.6) is 0 Å². The van der Waals surface area contributed by atoms with Gasteiger partial charge in [-0.25, -0.2) is 8.42 Å². The number of nitrogens with zero attached hydrogens (tertiary/aromatic N) is 2. The van der Waals surface area contributed by atoms with Crippen molar-refractivity contribution in [3.63, 3.8) is 0 Å². The second kappa shape index (κ2) is 5.79. The second-order valence-electron chi connectivity index (χ2n) is 4.12. The van der Waals surface area contributed by atoms with Crippen LogP contribution in [-0.2, 0) is 14.8 Å². The zero-order chi connectivity index (χ0) is 15.8. The number of hydrogen-bond donors (Lipinski definition) is 1. The van der Waals surface area contributed by atoms with Crippen LogP contribution in [0.4, 0.5) is 5.69 Å². The Hall–Kier alpha value is -1.36. The Morgan fingerprint density at radius 1 is 1.52 bits per heavy atom. The summed E-state index contributed by atoms with van der Waals surface area (Å²) in [5, 5.41) is 19.6. The molecule has 0 saturated carbocycles. The first-order valence-electron chi connectivity index (χ1n) is 5.51. The zero-order valence-electron chi connectivity index (χ0n) is 10.3. The molecule has 11 heteroatoms. The summed E-state index contributed by atoms with van der Waals surface area (Å²) < 4.78 is 25.8. The van der Waals surface area contributed by atoms with E-state index in [1.807, 2.05) is 0 Å². The summed E-state index contributed by atoms with van der Waals surface area (Å²) in [6.45, 7) is 0. The SMILES string of the molecule is O=C(O)[C@@H]1CSCN1S(=O)(=O)c1cc([N+](=O)[O-])ccc1Cl. The van der Waals surface area contributed by atoms with E-state index in [1.165, 1.54) is 0 Å². The van der Waals surface area contributed by atoms with Gasteiger partial charge in [-0.15, -0.1) is 11.8 Å². The molecule has 8 nitrogen and oxygen atoms in total. The molecule has 1 N–H and O–H groups in total. The predicted octanol–water partition coefficient (Wildman–Crippen LogP) is 1.40. The molecule has 0 bridgehead atoms. The first-order chi connectivity index (χ1) is 9.75. The van der Waals surface area contributed by atoms with E-state index in [1.54, 1.807) is 0 Å². The smallest absolute Gasteiger partial charge is 0.322 e. The zero-order valence-corrected chi connectivity index (χ0v) is 12.7. The molecular weight excluding hydrogens is 344 g/mol. The van der Waals surface area contributed by atoms with Crippen LogP contribution in [0, 0.1) is 10.1 Å². The fraction of sp³-hybridized carbons (Fsp3) is 0.300. The summed E-state index contributed by atoms with van der Waals surface area (Å²) in [5.41, 5.74) is -0.434. The molecule has 1 saturated heterocycles. The molecule has 0 amide bonds. The molecule has 0 radical (unpaired) electrons. The minimum absolute atomic E-state index is 0.0433. The Bertz CT molecular complexity index is 707. The van der Waals surface area contributed by atoms with Crippen molar-refractivity contribution in [1.29, 1.82) is 0 Å². The molecule has 1 atom stereocenters. The molecule has 1 aromatic rings. The van der Waals surface area contributed by atoms with Gasteiger partial charge in [0.25, 0.3) is 5.69 Å². The molecule has 2 rings (SSSR count). The van der Waals surface area contributed by atoms with Gasteiger partial charge in [-0.1, -0.05) is 11.6 Å². The number of thioether (sulfide) groups is 1. The van der Waals surface area contributed by atoms with Crippen LogP contribution in [0.3, 0.4) is 0 Å². The standard InChI is InChI=1S/C10H9ClN2O6S2/c11-7-2-1-6(13(16)17)3-9(7)21(18,19)12-5-20-4-8(12)10(14)15/h1-3,8H,4-5H2,(H,14,15)/t8-/m0/s1. The van der Waals surface area contributed by atoms with Gasteiger partial charge in [-0.05, 0) is 6.07 Å². The van der Waals surface area contributed by atoms with Gasteiger partial charge in [-0.2, -0.15) is 4.31 Å². The van der Waals surface area contributed by atoms with Crippen molar-refractivity contribution in [3.8, 4) is 0 Å². The van der Waals surface area contributed by atoms with Crippen molar-refractivity contribution < 1.29 is 23.2 Å². The lowest BCUT2D eigenvalue weighted by Crippen LogP contribution is -2.41. The van der Waals surface area contributed by atoms with Gasteiger partial charge in [0.2, 0.25) is 10.0 Å². The number of carbonyl (C=O) groups is 1. The molecule has 1 fully saturated rings. The van der Waals surface area contributed by atoms with E-state index in [0.29, 0.717) is 0 Å². The number of benzene rings is 1. The Morgan fingerprint density at radius 3 is 2.76 bits per heavy atom. The van der Waals surface area contributed by atoms with E-state index in [-0.39, 0.29) is 16.7 Å². The number of carboxylic acid groups (broad SMARTS) is 1. The lowest BCUT2D eigenvalue weighted by Gasteiger charge is -2.20. The minimum Gasteiger partial charge on any atom is -0.480 e. The van der Waals surface area contributed by atoms with Crippen LogP contribution in [0.25, 0.3) is 0 Å². The van der Waals surface area contributed by atoms with Crippen LogP contribution in [0.15, 0.2) is 23.1 Å². The maximum atomic E-state index is 12.5. The summed E-state index contributed by atoms with van der Waals surface area (Å²) in [5.74, 6) is -1.20. The third kappa shape index (κ3) is 2.98. The van der Waals surface area contributed by atoms with Crippen LogP contribution < -0.4 is 0 Å². The van der Waals surface area contributed by atoms with Gasteiger partial charge < -0.3 is 5.11 Å². The topological polar surface area (TPSA) is 118 Å². The molecular formula is C10H9ClN2O6S2. The quantitative estimate of drug-likeness (QED) is 0.642. The Balaban J connectivity index is 2.51. The van der Waals surface area contributed by atoms with Gasteiger partial charge in [0.05, 0.1) is 15.8 Å². The minimum atomic E-state index is -4.22. The number of hydrogen-bond acceptors (Lipinski definition) is 6. The molecule has 1 aliphatic heterocycles. The first kappa shape index (κ1) is 16.0. The highest BCUT2D eigenvalue weighted by atomic mass is 35.5. The number of sulfonamides is 1. The number of halogens is 1. The summed E-state index contributed by atoms with van der Waals surface area (Å²) in [7, 11) is -4.22. The molecule has 1 aliphatic rings. The third-order valence-electron chi connectivity index (χ3n) is 2.84. The molecule has 0 spiro atoms. The maximum absolute atomic E-state index is 12.5. The number of nitro groups is 1. The van der Waals surface area contributed by atoms with E-state index >= 15 is 0 Å². The summed E-state index contributed by atoms with van der Waals surface area (Å²) in [6, 6.07) is 1.80. The van der Waals surface area contributed by atoms with E-state index in [2.05, 4.69) is 0 Å². The highest BCUT2D eigenvalue weighted by Gasteiger charge is 2.41. The van der Waals surface area contributed by atoms with Crippen molar-refractivity contribution in [1.82, 2.24) is 4.31 Å². The summed E-state index contributed by atoms with van der Waals surface area (Å²) in [6.07, 6.45) is 0. The highest BCUT2D eigenvalue weighted by molar-refractivity contribution is 8.00. The van der Waals surface area contributed by atoms with Gasteiger partial charge in [0.1, 0.15) is 10.9 Å². The molecule has 114 valence electrons. The molecule has 0 unspecified atom stereocenters. The number of aliphatic carboxylic acids is 1. The van der Waals surface area contributed by atoms with Gasteiger partial charge in [-0.3, -0.25) is 14.9 Å². The molecule has 0 aromatic heterocycles. The van der Waals surface area contributed by atoms with Gasteiger partial charge in [0.15, 0.2) is 0 Å². The summed E-state index contributed by atoms with van der Waals surface area (Å²) >= 11 is 6.95. The van der Waals surface area contributed by atoms with Crippen LogP contribution in [-0.4, -0.2) is 46.4 Å². The Morgan fingerprint density at radius 2 is 2.19 bits per heavy atom. The van der Waals surface area contributed by atoms with Crippen LogP contribution >= 0.6 is 23.4 Å². The normalized spacial score (nSPS) is 19.6. The van der Waals surface area contributed by atoms with Crippen molar-refractivity contribution in [2.75, 3.05) is 11.6 Å². The van der Waals surface area contributed by atoms with E-state index in [0.717, 1.165) is 34.3 Å². The van der Waals surface area contributed by atoms with Crippen LogP contribution in [0.1, 0.15) is 0 Å². The molecule has 0 aliphatic carbocycles. The highest BCUT2D eigenvalue weighted by Crippen LogP contribution is 2.33. The fourth-order valence-corrected chi connectivity index (χ4v) is 5.42. The Labute approximate surface area is 128 Å². The fourth-order valence-electron chi connectivity index (χ4n) is 1.79. The average molecular weight is 353 g/mol. The first-order valence-corrected chi connectivity index (χ1v) is 8.48. The van der Waals surface area contributed by atoms with Gasteiger partial charge >= 0.3 is 5.97 Å². The van der Waals surface area contributed by atoms with Crippen molar-refractivity contribution in [2.45, 2.75) is 10.9 Å². The largest absolute Gasteiger partial charge is 0.480 e. The van der Waals surface area contributed by atoms with E-state index in [4.69, 9.17) is 16.7 Å². The second-order valence-corrected chi connectivity index (χ2v) is 7.38.